The first kappa shape index (κ1) is 19.0. The zero-order chi connectivity index (χ0) is 19.5. The lowest BCUT2D eigenvalue weighted by Gasteiger charge is -2.32. The van der Waals surface area contributed by atoms with Gasteiger partial charge in [0.05, 0.1) is 6.10 Å². The summed E-state index contributed by atoms with van der Waals surface area (Å²) in [5.41, 5.74) is 9.12. The van der Waals surface area contributed by atoms with Crippen LogP contribution in [-0.4, -0.2) is 29.8 Å². The smallest absolute Gasteiger partial charge is 0.258 e. The highest BCUT2D eigenvalue weighted by Gasteiger charge is 2.33. The number of aliphatic hydroxyl groups excluding tert-OH is 1. The second-order valence-electron chi connectivity index (χ2n) is 7.96. The number of aliphatic hydroxyl groups is 1. The molecule has 148 valence electrons. The van der Waals surface area contributed by atoms with Gasteiger partial charge in [0.1, 0.15) is 5.75 Å². The highest BCUT2D eigenvalue weighted by Crippen LogP contribution is 2.44. The lowest BCUT2D eigenvalue weighted by molar-refractivity contribution is -0.125. The third kappa shape index (κ3) is 4.54. The third-order valence-corrected chi connectivity index (χ3v) is 5.70. The van der Waals surface area contributed by atoms with Gasteiger partial charge in [-0.1, -0.05) is 42.5 Å². The van der Waals surface area contributed by atoms with Crippen LogP contribution < -0.4 is 15.8 Å². The maximum Gasteiger partial charge on any atom is 0.258 e. The van der Waals surface area contributed by atoms with Crippen LogP contribution in [0.2, 0.25) is 0 Å². The Hall–Kier alpha value is -2.37. The van der Waals surface area contributed by atoms with Gasteiger partial charge in [-0.15, -0.1) is 0 Å². The van der Waals surface area contributed by atoms with Gasteiger partial charge in [-0.05, 0) is 48.8 Å². The molecule has 2 aromatic rings. The summed E-state index contributed by atoms with van der Waals surface area (Å²) in [7, 11) is 0. The molecule has 1 aliphatic carbocycles. The standard InChI is InChI=1S/C23H28N2O3/c24-23(27)22-13-20(19-12-17(16-7-8-16)9-11-21(19)28-22)25-14-18(26)10-6-15-4-2-1-3-5-15/h1-5,9,11-12,16,18,20,22,25-26H,6-8,10,13-14H2,(H2,24,27)/t18-,20?,22+/m1/s1. The van der Waals surface area contributed by atoms with E-state index in [4.69, 9.17) is 10.5 Å². The predicted octanol–water partition coefficient (Wildman–Crippen LogP) is 2.82. The van der Waals surface area contributed by atoms with Crippen LogP contribution in [0.3, 0.4) is 0 Å². The largest absolute Gasteiger partial charge is 0.480 e. The number of amides is 1. The molecule has 1 saturated carbocycles. The Labute approximate surface area is 165 Å². The van der Waals surface area contributed by atoms with E-state index in [0.717, 1.165) is 17.7 Å². The van der Waals surface area contributed by atoms with Crippen molar-refractivity contribution in [2.75, 3.05) is 6.54 Å². The normalized spacial score (nSPS) is 22.2. The third-order valence-electron chi connectivity index (χ3n) is 5.70. The number of hydrogen-bond donors (Lipinski definition) is 3. The molecule has 1 heterocycles. The minimum atomic E-state index is -0.641. The Morgan fingerprint density at radius 1 is 1.21 bits per heavy atom. The van der Waals surface area contributed by atoms with E-state index in [2.05, 4.69) is 29.6 Å². The van der Waals surface area contributed by atoms with Gasteiger partial charge < -0.3 is 20.9 Å². The first-order valence-electron chi connectivity index (χ1n) is 10.2. The van der Waals surface area contributed by atoms with Crippen LogP contribution in [0.5, 0.6) is 5.75 Å². The van der Waals surface area contributed by atoms with Crippen LogP contribution in [0.1, 0.15) is 54.3 Å². The molecule has 2 aromatic carbocycles. The quantitative estimate of drug-likeness (QED) is 0.657. The van der Waals surface area contributed by atoms with Crippen molar-refractivity contribution in [3.8, 4) is 5.75 Å². The molecule has 1 fully saturated rings. The van der Waals surface area contributed by atoms with Crippen LogP contribution in [0.15, 0.2) is 48.5 Å². The number of benzene rings is 2. The zero-order valence-electron chi connectivity index (χ0n) is 16.0. The zero-order valence-corrected chi connectivity index (χ0v) is 16.0. The average Bonchev–Trinajstić information content (AvgIpc) is 3.56. The Kier molecular flexibility index (Phi) is 5.64. The molecule has 3 atom stereocenters. The molecule has 0 bridgehead atoms. The number of primary amides is 1. The molecule has 5 nitrogen and oxygen atoms in total. The molecule has 1 amide bonds. The van der Waals surface area contributed by atoms with E-state index in [9.17, 15) is 9.90 Å². The fourth-order valence-electron chi connectivity index (χ4n) is 3.89. The molecule has 0 radical (unpaired) electrons. The summed E-state index contributed by atoms with van der Waals surface area (Å²) in [5, 5.41) is 13.9. The van der Waals surface area contributed by atoms with E-state index in [1.54, 1.807) is 0 Å². The van der Waals surface area contributed by atoms with Crippen molar-refractivity contribution in [1.82, 2.24) is 5.32 Å². The van der Waals surface area contributed by atoms with Crippen LogP contribution >= 0.6 is 0 Å². The summed E-state index contributed by atoms with van der Waals surface area (Å²) in [6.07, 6.45) is 3.39. The minimum Gasteiger partial charge on any atom is -0.480 e. The Bertz CT molecular complexity index is 820. The van der Waals surface area contributed by atoms with Crippen molar-refractivity contribution in [3.05, 3.63) is 65.2 Å². The van der Waals surface area contributed by atoms with Crippen molar-refractivity contribution >= 4 is 5.91 Å². The van der Waals surface area contributed by atoms with Gasteiger partial charge in [0.15, 0.2) is 6.10 Å². The second kappa shape index (κ2) is 8.33. The van der Waals surface area contributed by atoms with Crippen LogP contribution in [0.25, 0.3) is 0 Å². The first-order chi connectivity index (χ1) is 13.6. The number of nitrogens with two attached hydrogens (primary N) is 1. The molecule has 28 heavy (non-hydrogen) atoms. The number of rotatable bonds is 8. The minimum absolute atomic E-state index is 0.0497. The van der Waals surface area contributed by atoms with E-state index in [1.807, 2.05) is 24.3 Å². The van der Waals surface area contributed by atoms with Crippen LogP contribution in [-0.2, 0) is 11.2 Å². The van der Waals surface area contributed by atoms with Gasteiger partial charge in [0, 0.05) is 24.6 Å². The number of fused-ring (bicyclic) bond motifs is 1. The molecule has 4 rings (SSSR count). The van der Waals surface area contributed by atoms with Gasteiger partial charge in [0.25, 0.3) is 5.91 Å². The molecule has 0 spiro atoms. The highest BCUT2D eigenvalue weighted by atomic mass is 16.5. The van der Waals surface area contributed by atoms with E-state index in [-0.39, 0.29) is 6.04 Å². The highest BCUT2D eigenvalue weighted by molar-refractivity contribution is 5.79. The number of carbonyl (C=O) groups is 1. The lowest BCUT2D eigenvalue weighted by Crippen LogP contribution is -2.42. The molecular formula is C23H28N2O3. The molecular weight excluding hydrogens is 352 g/mol. The van der Waals surface area contributed by atoms with Gasteiger partial charge in [-0.25, -0.2) is 0 Å². The average molecular weight is 380 g/mol. The molecule has 5 heteroatoms. The summed E-state index contributed by atoms with van der Waals surface area (Å²) in [4.78, 5) is 11.7. The van der Waals surface area contributed by atoms with Gasteiger partial charge in [0.2, 0.25) is 0 Å². The molecule has 1 unspecified atom stereocenters. The van der Waals surface area contributed by atoms with Crippen LogP contribution in [0, 0.1) is 0 Å². The second-order valence-corrected chi connectivity index (χ2v) is 7.96. The van der Waals surface area contributed by atoms with E-state index < -0.39 is 18.1 Å². The molecule has 1 aliphatic heterocycles. The van der Waals surface area contributed by atoms with Crippen molar-refractivity contribution in [2.24, 2.45) is 5.73 Å². The maximum absolute atomic E-state index is 11.7. The summed E-state index contributed by atoms with van der Waals surface area (Å²) in [5.74, 6) is 0.917. The van der Waals surface area contributed by atoms with E-state index in [1.165, 1.54) is 24.0 Å². The Morgan fingerprint density at radius 2 is 2.00 bits per heavy atom. The summed E-state index contributed by atoms with van der Waals surface area (Å²) < 4.78 is 5.81. The number of hydrogen-bond acceptors (Lipinski definition) is 4. The first-order valence-corrected chi connectivity index (χ1v) is 10.2. The molecule has 0 aromatic heterocycles. The monoisotopic (exact) mass is 380 g/mol. The van der Waals surface area contributed by atoms with Crippen molar-refractivity contribution in [2.45, 2.75) is 56.3 Å². The number of aryl methyl sites for hydroxylation is 1. The van der Waals surface area contributed by atoms with E-state index in [0.29, 0.717) is 25.3 Å². The fourth-order valence-corrected chi connectivity index (χ4v) is 3.89. The van der Waals surface area contributed by atoms with Crippen molar-refractivity contribution in [1.29, 1.82) is 0 Å². The fraction of sp³-hybridized carbons (Fsp3) is 0.435. The summed E-state index contributed by atoms with van der Waals surface area (Å²) in [6.45, 7) is 0.468. The molecule has 0 saturated heterocycles. The van der Waals surface area contributed by atoms with Gasteiger partial charge >= 0.3 is 0 Å². The van der Waals surface area contributed by atoms with Crippen molar-refractivity contribution in [3.63, 3.8) is 0 Å². The maximum atomic E-state index is 11.7. The lowest BCUT2D eigenvalue weighted by atomic mass is 9.93. The number of ether oxygens (including phenoxy) is 1. The summed E-state index contributed by atoms with van der Waals surface area (Å²) in [6, 6.07) is 16.4. The van der Waals surface area contributed by atoms with Crippen LogP contribution in [0.4, 0.5) is 0 Å². The SMILES string of the molecule is NC(=O)[C@@H]1CC(NC[C@H](O)CCc2ccccc2)c2cc(C3CC3)ccc2O1. The number of nitrogens with one attached hydrogen (secondary N) is 1. The Balaban J connectivity index is 1.41. The van der Waals surface area contributed by atoms with Gasteiger partial charge in [-0.2, -0.15) is 0 Å². The van der Waals surface area contributed by atoms with E-state index >= 15 is 0 Å². The molecule has 2 aliphatic rings. The molecule has 4 N–H and O–H groups in total. The predicted molar refractivity (Wildman–Crippen MR) is 108 cm³/mol. The number of carbonyl (C=O) groups excluding carboxylic acids is 1. The summed E-state index contributed by atoms with van der Waals surface area (Å²) >= 11 is 0. The Morgan fingerprint density at radius 3 is 2.71 bits per heavy atom. The van der Waals surface area contributed by atoms with Crippen molar-refractivity contribution < 1.29 is 14.6 Å². The topological polar surface area (TPSA) is 84.6 Å². The van der Waals surface area contributed by atoms with Gasteiger partial charge in [-0.3, -0.25) is 4.79 Å².